The van der Waals surface area contributed by atoms with Crippen LogP contribution in [0.2, 0.25) is 0 Å². The monoisotopic (exact) mass is 262 g/mol. The van der Waals surface area contributed by atoms with E-state index in [1.807, 2.05) is 0 Å². The number of rotatable bonds is 4. The van der Waals surface area contributed by atoms with Crippen molar-refractivity contribution >= 4 is 15.9 Å². The van der Waals surface area contributed by atoms with Crippen LogP contribution < -0.4 is 0 Å². The average Bonchev–Trinajstić information content (AvgIpc) is 2.18. The smallest absolute Gasteiger partial charge is 0.0782 e. The van der Waals surface area contributed by atoms with E-state index in [0.717, 1.165) is 11.2 Å². The van der Waals surface area contributed by atoms with Crippen LogP contribution in [0.15, 0.2) is 0 Å². The van der Waals surface area contributed by atoms with E-state index in [4.69, 9.17) is 4.74 Å². The van der Waals surface area contributed by atoms with Crippen LogP contribution in [0.25, 0.3) is 0 Å². The second-order valence-electron chi connectivity index (χ2n) is 4.83. The third-order valence-corrected chi connectivity index (χ3v) is 4.34. The van der Waals surface area contributed by atoms with Crippen LogP contribution in [0.5, 0.6) is 0 Å². The standard InChI is InChI=1S/C12H23BrO/c1-4-11-5-7-12(9-13,8-6-11)14-10(2)3/h10-11H,4-9H2,1-3H3. The van der Waals surface area contributed by atoms with E-state index < -0.39 is 0 Å². The Morgan fingerprint density at radius 1 is 1.36 bits per heavy atom. The summed E-state index contributed by atoms with van der Waals surface area (Å²) in [6.45, 7) is 6.57. The Hall–Kier alpha value is 0.440. The largest absolute Gasteiger partial charge is 0.371 e. The zero-order valence-corrected chi connectivity index (χ0v) is 11.3. The highest BCUT2D eigenvalue weighted by molar-refractivity contribution is 9.09. The van der Waals surface area contributed by atoms with Gasteiger partial charge in [0.05, 0.1) is 11.7 Å². The first-order chi connectivity index (χ1) is 6.62. The van der Waals surface area contributed by atoms with E-state index in [2.05, 4.69) is 36.7 Å². The summed E-state index contributed by atoms with van der Waals surface area (Å²) in [5.74, 6) is 0.943. The summed E-state index contributed by atoms with van der Waals surface area (Å²) in [5, 5.41) is 0.995. The zero-order valence-electron chi connectivity index (χ0n) is 9.68. The summed E-state index contributed by atoms with van der Waals surface area (Å²) < 4.78 is 6.07. The molecule has 1 nitrogen and oxygen atoms in total. The molecule has 0 aromatic carbocycles. The molecule has 2 heteroatoms. The molecule has 0 N–H and O–H groups in total. The molecule has 1 aliphatic rings. The van der Waals surface area contributed by atoms with Crippen molar-refractivity contribution in [1.29, 1.82) is 0 Å². The predicted octanol–water partition coefficient (Wildman–Crippen LogP) is 4.15. The molecule has 0 aliphatic heterocycles. The Morgan fingerprint density at radius 3 is 2.29 bits per heavy atom. The first kappa shape index (κ1) is 12.5. The van der Waals surface area contributed by atoms with Gasteiger partial charge in [-0.15, -0.1) is 0 Å². The lowest BCUT2D eigenvalue weighted by Gasteiger charge is -2.40. The van der Waals surface area contributed by atoms with Crippen LogP contribution in [0.1, 0.15) is 52.9 Å². The summed E-state index contributed by atoms with van der Waals surface area (Å²) >= 11 is 3.61. The highest BCUT2D eigenvalue weighted by Crippen LogP contribution is 2.38. The van der Waals surface area contributed by atoms with Crippen LogP contribution >= 0.6 is 15.9 Å². The van der Waals surface area contributed by atoms with Crippen molar-refractivity contribution in [2.75, 3.05) is 5.33 Å². The van der Waals surface area contributed by atoms with Gasteiger partial charge in [-0.3, -0.25) is 0 Å². The van der Waals surface area contributed by atoms with Gasteiger partial charge in [0.15, 0.2) is 0 Å². The minimum absolute atomic E-state index is 0.139. The second-order valence-corrected chi connectivity index (χ2v) is 5.40. The fourth-order valence-corrected chi connectivity index (χ4v) is 3.09. The summed E-state index contributed by atoms with van der Waals surface area (Å²) in [6, 6.07) is 0. The number of halogens is 1. The number of hydrogen-bond acceptors (Lipinski definition) is 1. The van der Waals surface area contributed by atoms with Crippen LogP contribution in [0.4, 0.5) is 0 Å². The molecule has 0 radical (unpaired) electrons. The molecule has 0 aromatic rings. The van der Waals surface area contributed by atoms with Crippen LogP contribution in [0.3, 0.4) is 0 Å². The molecule has 1 aliphatic carbocycles. The van der Waals surface area contributed by atoms with E-state index in [9.17, 15) is 0 Å². The van der Waals surface area contributed by atoms with Gasteiger partial charge in [0.2, 0.25) is 0 Å². The summed E-state index contributed by atoms with van der Waals surface area (Å²) in [5.41, 5.74) is 0.139. The maximum absolute atomic E-state index is 6.07. The van der Waals surface area contributed by atoms with Crippen molar-refractivity contribution in [3.63, 3.8) is 0 Å². The lowest BCUT2D eigenvalue weighted by atomic mass is 9.78. The predicted molar refractivity (Wildman–Crippen MR) is 65.0 cm³/mol. The Kier molecular flexibility index (Phi) is 4.92. The molecule has 0 atom stereocenters. The molecule has 84 valence electrons. The van der Waals surface area contributed by atoms with Gasteiger partial charge in [0.25, 0.3) is 0 Å². The topological polar surface area (TPSA) is 9.23 Å². The molecule has 0 bridgehead atoms. The molecule has 14 heavy (non-hydrogen) atoms. The van der Waals surface area contributed by atoms with Gasteiger partial charge in [0, 0.05) is 5.33 Å². The Balaban J connectivity index is 2.48. The molecule has 0 aromatic heterocycles. The summed E-state index contributed by atoms with van der Waals surface area (Å²) in [7, 11) is 0. The normalized spacial score (nSPS) is 33.6. The van der Waals surface area contributed by atoms with Crippen LogP contribution in [0, 0.1) is 5.92 Å². The van der Waals surface area contributed by atoms with E-state index in [0.29, 0.717) is 6.10 Å². The van der Waals surface area contributed by atoms with Crippen LogP contribution in [-0.4, -0.2) is 17.0 Å². The molecule has 1 fully saturated rings. The molecule has 1 saturated carbocycles. The Labute approximate surface area is 96.7 Å². The van der Waals surface area contributed by atoms with Crippen LogP contribution in [-0.2, 0) is 4.74 Å². The fourth-order valence-electron chi connectivity index (χ4n) is 2.39. The van der Waals surface area contributed by atoms with Gasteiger partial charge in [0.1, 0.15) is 0 Å². The fraction of sp³-hybridized carbons (Fsp3) is 1.00. The van der Waals surface area contributed by atoms with Crippen molar-refractivity contribution in [2.45, 2.75) is 64.6 Å². The molecule has 0 unspecified atom stereocenters. The third-order valence-electron chi connectivity index (χ3n) is 3.32. The van der Waals surface area contributed by atoms with E-state index in [-0.39, 0.29) is 5.60 Å². The maximum atomic E-state index is 6.07. The van der Waals surface area contributed by atoms with E-state index in [1.54, 1.807) is 0 Å². The number of hydrogen-bond donors (Lipinski definition) is 0. The van der Waals surface area contributed by atoms with Crippen molar-refractivity contribution in [2.24, 2.45) is 5.92 Å². The first-order valence-corrected chi connectivity index (χ1v) is 6.98. The van der Waals surface area contributed by atoms with Crippen molar-refractivity contribution in [3.05, 3.63) is 0 Å². The molecule has 0 heterocycles. The minimum atomic E-state index is 0.139. The third kappa shape index (κ3) is 3.23. The average molecular weight is 263 g/mol. The van der Waals surface area contributed by atoms with E-state index >= 15 is 0 Å². The number of ether oxygens (including phenoxy) is 1. The Morgan fingerprint density at radius 2 is 1.93 bits per heavy atom. The lowest BCUT2D eigenvalue weighted by Crippen LogP contribution is -2.40. The molecular formula is C12H23BrO. The van der Waals surface area contributed by atoms with Crippen molar-refractivity contribution < 1.29 is 4.74 Å². The highest BCUT2D eigenvalue weighted by Gasteiger charge is 2.35. The second kappa shape index (κ2) is 5.50. The van der Waals surface area contributed by atoms with Crippen molar-refractivity contribution in [3.8, 4) is 0 Å². The molecule has 1 rings (SSSR count). The minimum Gasteiger partial charge on any atom is -0.371 e. The first-order valence-electron chi connectivity index (χ1n) is 5.85. The molecule has 0 amide bonds. The summed E-state index contributed by atoms with van der Waals surface area (Å²) in [4.78, 5) is 0. The SMILES string of the molecule is CCC1CCC(CBr)(OC(C)C)CC1. The summed E-state index contributed by atoms with van der Waals surface area (Å²) in [6.07, 6.45) is 6.83. The van der Waals surface area contributed by atoms with Gasteiger partial charge in [-0.05, 0) is 45.4 Å². The van der Waals surface area contributed by atoms with Gasteiger partial charge >= 0.3 is 0 Å². The number of alkyl halides is 1. The zero-order chi connectivity index (χ0) is 10.6. The molecule has 0 saturated heterocycles. The Bertz CT molecular complexity index is 160. The van der Waals surface area contributed by atoms with E-state index in [1.165, 1.54) is 32.1 Å². The van der Waals surface area contributed by atoms with Gasteiger partial charge < -0.3 is 4.74 Å². The van der Waals surface area contributed by atoms with Gasteiger partial charge in [-0.2, -0.15) is 0 Å². The highest BCUT2D eigenvalue weighted by atomic mass is 79.9. The molecular weight excluding hydrogens is 240 g/mol. The molecule has 0 spiro atoms. The van der Waals surface area contributed by atoms with Crippen molar-refractivity contribution in [1.82, 2.24) is 0 Å². The van der Waals surface area contributed by atoms with Gasteiger partial charge in [-0.1, -0.05) is 29.3 Å². The maximum Gasteiger partial charge on any atom is 0.0782 e. The lowest BCUT2D eigenvalue weighted by molar-refractivity contribution is -0.0911. The van der Waals surface area contributed by atoms with Gasteiger partial charge in [-0.25, -0.2) is 0 Å². The quantitative estimate of drug-likeness (QED) is 0.692.